The molecule has 0 aliphatic rings. The van der Waals surface area contributed by atoms with Gasteiger partial charge in [-0.05, 0) is 42.0 Å². The van der Waals surface area contributed by atoms with E-state index in [4.69, 9.17) is 0 Å². The maximum absolute atomic E-state index is 13.0. The minimum absolute atomic E-state index is 0.231. The first-order valence-electron chi connectivity index (χ1n) is 8.78. The van der Waals surface area contributed by atoms with Crippen molar-refractivity contribution < 1.29 is 9.18 Å². The molecule has 0 saturated heterocycles. The lowest BCUT2D eigenvalue weighted by Gasteiger charge is -2.10. The number of rotatable bonds is 5. The number of halogens is 1. The van der Waals surface area contributed by atoms with Crippen LogP contribution in [0.3, 0.4) is 0 Å². The van der Waals surface area contributed by atoms with Crippen LogP contribution >= 0.6 is 0 Å². The summed E-state index contributed by atoms with van der Waals surface area (Å²) in [7, 11) is 0. The van der Waals surface area contributed by atoms with E-state index in [1.807, 2.05) is 30.3 Å². The molecule has 0 atom stereocenters. The Morgan fingerprint density at radius 2 is 1.75 bits per heavy atom. The third kappa shape index (κ3) is 3.96. The van der Waals surface area contributed by atoms with Crippen LogP contribution in [0.15, 0.2) is 79.1 Å². The highest BCUT2D eigenvalue weighted by molar-refractivity contribution is 5.95. The van der Waals surface area contributed by atoms with Crippen molar-refractivity contribution in [3.8, 4) is 0 Å². The van der Waals surface area contributed by atoms with Gasteiger partial charge >= 0.3 is 0 Å². The average molecular weight is 372 g/mol. The third-order valence-corrected chi connectivity index (χ3v) is 4.28. The molecule has 4 aromatic rings. The monoisotopic (exact) mass is 372 g/mol. The summed E-state index contributed by atoms with van der Waals surface area (Å²) in [4.78, 5) is 21.1. The van der Waals surface area contributed by atoms with E-state index in [9.17, 15) is 9.18 Å². The highest BCUT2D eigenvalue weighted by atomic mass is 19.1. The van der Waals surface area contributed by atoms with Crippen molar-refractivity contribution in [1.82, 2.24) is 15.3 Å². The first-order valence-corrected chi connectivity index (χ1v) is 8.78. The van der Waals surface area contributed by atoms with Crippen LogP contribution in [-0.4, -0.2) is 15.9 Å². The maximum atomic E-state index is 13.0. The summed E-state index contributed by atoms with van der Waals surface area (Å²) in [5, 5.41) is 7.07. The predicted molar refractivity (Wildman–Crippen MR) is 107 cm³/mol. The first kappa shape index (κ1) is 17.6. The van der Waals surface area contributed by atoms with Gasteiger partial charge in [-0.2, -0.15) is 0 Å². The van der Waals surface area contributed by atoms with E-state index in [0.717, 1.165) is 22.2 Å². The van der Waals surface area contributed by atoms with Gasteiger partial charge in [-0.1, -0.05) is 30.3 Å². The highest BCUT2D eigenvalue weighted by Gasteiger charge is 2.08. The summed E-state index contributed by atoms with van der Waals surface area (Å²) in [6.45, 7) is 0.317. The van der Waals surface area contributed by atoms with Gasteiger partial charge in [0.2, 0.25) is 0 Å². The molecule has 2 aromatic carbocycles. The number of nitrogens with one attached hydrogen (secondary N) is 2. The largest absolute Gasteiger partial charge is 0.348 e. The topological polar surface area (TPSA) is 66.9 Å². The average Bonchev–Trinajstić information content (AvgIpc) is 2.74. The second-order valence-electron chi connectivity index (χ2n) is 6.24. The maximum Gasteiger partial charge on any atom is 0.251 e. The number of carbonyl (C=O) groups excluding carboxylic acids is 1. The Kier molecular flexibility index (Phi) is 4.93. The summed E-state index contributed by atoms with van der Waals surface area (Å²) in [6, 6.07) is 19.1. The van der Waals surface area contributed by atoms with Crippen LogP contribution in [0.1, 0.15) is 15.9 Å². The van der Waals surface area contributed by atoms with Crippen molar-refractivity contribution in [3.63, 3.8) is 0 Å². The van der Waals surface area contributed by atoms with Gasteiger partial charge in [0.15, 0.2) is 0 Å². The second kappa shape index (κ2) is 7.84. The summed E-state index contributed by atoms with van der Waals surface area (Å²) in [6.07, 6.45) is 3.31. The number of pyridine rings is 2. The van der Waals surface area contributed by atoms with Crippen molar-refractivity contribution in [2.45, 2.75) is 6.54 Å². The van der Waals surface area contributed by atoms with Gasteiger partial charge in [-0.15, -0.1) is 0 Å². The lowest BCUT2D eigenvalue weighted by Crippen LogP contribution is -2.22. The Bertz CT molecular complexity index is 1120. The van der Waals surface area contributed by atoms with Gasteiger partial charge in [-0.3, -0.25) is 9.78 Å². The van der Waals surface area contributed by atoms with Gasteiger partial charge in [0.25, 0.3) is 5.91 Å². The highest BCUT2D eigenvalue weighted by Crippen LogP contribution is 2.23. The Morgan fingerprint density at radius 3 is 2.61 bits per heavy atom. The van der Waals surface area contributed by atoms with Gasteiger partial charge in [-0.25, -0.2) is 9.37 Å². The van der Waals surface area contributed by atoms with Crippen molar-refractivity contribution in [2.75, 3.05) is 5.32 Å². The number of nitrogens with zero attached hydrogens (tertiary/aromatic N) is 2. The van der Waals surface area contributed by atoms with Gasteiger partial charge < -0.3 is 10.6 Å². The van der Waals surface area contributed by atoms with Crippen molar-refractivity contribution in [1.29, 1.82) is 0 Å². The minimum Gasteiger partial charge on any atom is -0.348 e. The second-order valence-corrected chi connectivity index (χ2v) is 6.24. The van der Waals surface area contributed by atoms with E-state index >= 15 is 0 Å². The SMILES string of the molecule is O=C(NCc1ccc(F)cc1)c1ccnc(Nc2cccc3cccnc23)c1. The summed E-state index contributed by atoms with van der Waals surface area (Å²) < 4.78 is 13.0. The van der Waals surface area contributed by atoms with Gasteiger partial charge in [0.05, 0.1) is 11.2 Å². The standard InChI is InChI=1S/C22H17FN4O/c23-18-8-6-15(7-9-18)14-26-22(28)17-10-12-24-20(13-17)27-19-5-1-3-16-4-2-11-25-21(16)19/h1-13H,14H2,(H,24,27)(H,26,28). The first-order chi connectivity index (χ1) is 13.7. The molecule has 0 spiro atoms. The van der Waals surface area contributed by atoms with E-state index < -0.39 is 0 Å². The van der Waals surface area contributed by atoms with Crippen LogP contribution < -0.4 is 10.6 Å². The molecule has 0 saturated carbocycles. The molecule has 0 aliphatic carbocycles. The zero-order valence-electron chi connectivity index (χ0n) is 14.9. The summed E-state index contributed by atoms with van der Waals surface area (Å²) in [5.74, 6) is 0.0151. The number of aromatic nitrogens is 2. The number of benzene rings is 2. The molecular weight excluding hydrogens is 355 g/mol. The molecule has 0 fully saturated rings. The quantitative estimate of drug-likeness (QED) is 0.543. The summed E-state index contributed by atoms with van der Waals surface area (Å²) in [5.41, 5.74) is 2.95. The lowest BCUT2D eigenvalue weighted by atomic mass is 10.2. The molecule has 28 heavy (non-hydrogen) atoms. The van der Waals surface area contributed by atoms with Crippen LogP contribution in [0.5, 0.6) is 0 Å². The Hall–Kier alpha value is -3.80. The number of hydrogen-bond donors (Lipinski definition) is 2. The van der Waals surface area contributed by atoms with Crippen molar-refractivity contribution in [2.24, 2.45) is 0 Å². The van der Waals surface area contributed by atoms with Crippen LogP contribution in [-0.2, 0) is 6.54 Å². The summed E-state index contributed by atoms with van der Waals surface area (Å²) >= 11 is 0. The molecule has 0 aliphatic heterocycles. The van der Waals surface area contributed by atoms with Crippen LogP contribution in [0.2, 0.25) is 0 Å². The van der Waals surface area contributed by atoms with E-state index in [-0.39, 0.29) is 11.7 Å². The fourth-order valence-corrected chi connectivity index (χ4v) is 2.87. The Morgan fingerprint density at radius 1 is 0.929 bits per heavy atom. The molecule has 0 unspecified atom stereocenters. The smallest absolute Gasteiger partial charge is 0.251 e. The molecule has 0 bridgehead atoms. The zero-order chi connectivity index (χ0) is 19.3. The molecule has 5 nitrogen and oxygen atoms in total. The molecule has 2 N–H and O–H groups in total. The molecular formula is C22H17FN4O. The number of amides is 1. The molecule has 6 heteroatoms. The third-order valence-electron chi connectivity index (χ3n) is 4.28. The fourth-order valence-electron chi connectivity index (χ4n) is 2.87. The van der Waals surface area contributed by atoms with Crippen molar-refractivity contribution >= 4 is 28.3 Å². The Labute approximate surface area is 161 Å². The number of anilines is 2. The molecule has 0 radical (unpaired) electrons. The molecule has 4 rings (SSSR count). The molecule has 2 aromatic heterocycles. The number of hydrogen-bond acceptors (Lipinski definition) is 4. The molecule has 1 amide bonds. The van der Waals surface area contributed by atoms with E-state index in [1.54, 1.807) is 36.7 Å². The normalized spacial score (nSPS) is 10.6. The van der Waals surface area contributed by atoms with Crippen LogP contribution in [0.4, 0.5) is 15.9 Å². The number of carbonyl (C=O) groups is 1. The molecule has 2 heterocycles. The van der Waals surface area contributed by atoms with E-state index in [1.165, 1.54) is 12.1 Å². The van der Waals surface area contributed by atoms with Crippen LogP contribution in [0.25, 0.3) is 10.9 Å². The Balaban J connectivity index is 1.49. The van der Waals surface area contributed by atoms with Crippen LogP contribution in [0, 0.1) is 5.82 Å². The van der Waals surface area contributed by atoms with Crippen molar-refractivity contribution in [3.05, 3.63) is 96.1 Å². The number of para-hydroxylation sites is 1. The van der Waals surface area contributed by atoms with Gasteiger partial charge in [0.1, 0.15) is 11.6 Å². The van der Waals surface area contributed by atoms with E-state index in [2.05, 4.69) is 20.6 Å². The zero-order valence-corrected chi connectivity index (χ0v) is 14.9. The number of fused-ring (bicyclic) bond motifs is 1. The fraction of sp³-hybridized carbons (Fsp3) is 0.0455. The lowest BCUT2D eigenvalue weighted by molar-refractivity contribution is 0.0951. The minimum atomic E-state index is -0.303. The van der Waals surface area contributed by atoms with Gasteiger partial charge in [0, 0.05) is 29.9 Å². The predicted octanol–water partition coefficient (Wildman–Crippen LogP) is 4.44. The molecule has 138 valence electrons. The van der Waals surface area contributed by atoms with E-state index in [0.29, 0.717) is 17.9 Å².